The molecule has 0 saturated carbocycles. The molecule has 4 aromatic carbocycles. The Hall–Kier alpha value is -5.33. The van der Waals surface area contributed by atoms with Crippen molar-refractivity contribution >= 4 is 54.4 Å². The van der Waals surface area contributed by atoms with Crippen LogP contribution in [-0.4, -0.2) is 51.8 Å². The average Bonchev–Trinajstić information content (AvgIpc) is 3.75. The molecule has 0 amide bonds. The molecule has 1 N–H and O–H groups in total. The van der Waals surface area contributed by atoms with Crippen LogP contribution in [0, 0.1) is 0 Å². The molecule has 2 aliphatic heterocycles. The van der Waals surface area contributed by atoms with Gasteiger partial charge in [0.25, 0.3) is 0 Å². The van der Waals surface area contributed by atoms with E-state index < -0.39 is 10.3 Å². The Morgan fingerprint density at radius 3 is 1.20 bits per heavy atom. The maximum Gasteiger partial charge on any atom is 1.00 e. The third kappa shape index (κ3) is 4.10. The molecule has 0 radical (unpaired) electrons. The van der Waals surface area contributed by atoms with Crippen LogP contribution in [0.4, 0.5) is 0 Å². The molecule has 0 atom stereocenters. The molecule has 220 valence electrons. The summed E-state index contributed by atoms with van der Waals surface area (Å²) in [6.07, 6.45) is 0. The summed E-state index contributed by atoms with van der Waals surface area (Å²) >= 11 is 0. The molecule has 0 aliphatic carbocycles. The first kappa shape index (κ1) is 27.2. The van der Waals surface area contributed by atoms with Gasteiger partial charge in [-0.3, -0.25) is 0 Å². The Bertz CT molecular complexity index is 2510. The zero-order chi connectivity index (χ0) is 29.6. The summed E-state index contributed by atoms with van der Waals surface area (Å²) in [4.78, 5) is 32.1. The van der Waals surface area contributed by atoms with Gasteiger partial charge in [0.1, 0.15) is 11.3 Å². The Morgan fingerprint density at radius 2 is 0.822 bits per heavy atom. The number of rotatable bonds is 1. The molecule has 11 nitrogen and oxygen atoms in total. The van der Waals surface area contributed by atoms with Crippen LogP contribution in [0.1, 0.15) is 0 Å². The van der Waals surface area contributed by atoms with Crippen LogP contribution in [-0.2, 0) is 27.4 Å². The van der Waals surface area contributed by atoms with Gasteiger partial charge in [0.05, 0.1) is 0 Å². The zero-order valence-electron chi connectivity index (χ0n) is 22.8. The molecule has 13 heteroatoms. The third-order valence-corrected chi connectivity index (χ3v) is 8.58. The normalized spacial score (nSPS) is 12.1. The summed E-state index contributed by atoms with van der Waals surface area (Å²) in [6, 6.07) is 29.4. The standard InChI is InChI=1S/C32H18N8O3S.Cu/c41-44(42,43)40-31-23-15-7-8-16-24(23)32(40)39-30-22-14-6-4-12-20(22)28(37-30)35-26-18-10-2-1-9-17(18)25(33-26)34-27-19-11-3-5-13-21(19)29(36-27)38-31;/h1-16H,(H,41,42,43)(H,33,34,35,36,37,38,39);/q;+1/p-1. The molecular weight excluding hydrogens is 640 g/mol. The van der Waals surface area contributed by atoms with Crippen molar-refractivity contribution in [3.8, 4) is 45.6 Å². The third-order valence-electron chi connectivity index (χ3n) is 7.79. The van der Waals surface area contributed by atoms with E-state index in [1.54, 1.807) is 24.3 Å². The summed E-state index contributed by atoms with van der Waals surface area (Å²) in [6.45, 7) is 0. The van der Waals surface area contributed by atoms with Gasteiger partial charge in [0.2, 0.25) is 0 Å². The number of aromatic amines is 1. The summed E-state index contributed by atoms with van der Waals surface area (Å²) in [7, 11) is -5.15. The Kier molecular flexibility index (Phi) is 5.96. The van der Waals surface area contributed by atoms with Gasteiger partial charge in [-0.05, 0) is 0 Å². The minimum Gasteiger partial charge on any atom is -0.730 e. The largest absolute Gasteiger partial charge is 1.00 e. The van der Waals surface area contributed by atoms with Crippen LogP contribution in [0.2, 0.25) is 0 Å². The fourth-order valence-electron chi connectivity index (χ4n) is 5.88. The number of hydrogen-bond donors (Lipinski definition) is 1. The smallest absolute Gasteiger partial charge is 0.730 e. The van der Waals surface area contributed by atoms with Gasteiger partial charge in [-0.25, -0.2) is 42.3 Å². The maximum absolute atomic E-state index is 12.9. The molecule has 0 fully saturated rings. The molecule has 0 unspecified atom stereocenters. The van der Waals surface area contributed by atoms with Crippen molar-refractivity contribution in [2.45, 2.75) is 0 Å². The zero-order valence-corrected chi connectivity index (χ0v) is 24.6. The quantitative estimate of drug-likeness (QED) is 0.174. The monoisotopic (exact) mass is 656 g/mol. The van der Waals surface area contributed by atoms with Gasteiger partial charge >= 0.3 is 17.1 Å². The van der Waals surface area contributed by atoms with Crippen molar-refractivity contribution in [3.05, 3.63) is 97.1 Å². The van der Waals surface area contributed by atoms with Gasteiger partial charge in [-0.1, -0.05) is 97.1 Å². The number of nitrogens with one attached hydrogen (secondary N) is 1. The summed E-state index contributed by atoms with van der Waals surface area (Å²) in [5.41, 5.74) is 3.57. The second-order valence-corrected chi connectivity index (χ2v) is 11.6. The van der Waals surface area contributed by atoms with Crippen molar-refractivity contribution in [1.82, 2.24) is 38.9 Å². The van der Waals surface area contributed by atoms with Gasteiger partial charge < -0.3 is 9.54 Å². The SMILES string of the molecule is O=S(=O)([O-])n1c2nc3nc(nc4[nH]c(nc5nc(nc1c1ccccc12)-c1ccccc1-5)c1ccccc41)-c1ccccc1-3.[Cu+]. The minimum atomic E-state index is -5.15. The van der Waals surface area contributed by atoms with Crippen molar-refractivity contribution in [2.75, 3.05) is 0 Å². The van der Waals surface area contributed by atoms with Crippen LogP contribution in [0.5, 0.6) is 0 Å². The Morgan fingerprint density at radius 1 is 0.489 bits per heavy atom. The van der Waals surface area contributed by atoms with Crippen LogP contribution in [0.25, 0.3) is 89.7 Å². The van der Waals surface area contributed by atoms with Crippen LogP contribution >= 0.6 is 0 Å². The van der Waals surface area contributed by atoms with E-state index in [9.17, 15) is 13.0 Å². The van der Waals surface area contributed by atoms with Crippen LogP contribution in [0.3, 0.4) is 0 Å². The van der Waals surface area contributed by atoms with E-state index in [4.69, 9.17) is 29.9 Å². The fourth-order valence-corrected chi connectivity index (χ4v) is 6.58. The molecule has 0 spiro atoms. The first-order chi connectivity index (χ1) is 21.4. The van der Waals surface area contributed by atoms with E-state index in [1.165, 1.54) is 0 Å². The van der Waals surface area contributed by atoms with Crippen molar-refractivity contribution in [1.29, 1.82) is 0 Å². The summed E-state index contributed by atoms with van der Waals surface area (Å²) < 4.78 is 39.5. The van der Waals surface area contributed by atoms with E-state index in [2.05, 4.69) is 4.98 Å². The Balaban J connectivity index is 0.00000300. The molecule has 5 heterocycles. The molecule has 7 aromatic rings. The average molecular weight is 657 g/mol. The van der Waals surface area contributed by atoms with E-state index in [-0.39, 0.29) is 40.0 Å². The van der Waals surface area contributed by atoms with Gasteiger partial charge in [0.15, 0.2) is 44.9 Å². The number of benzene rings is 4. The summed E-state index contributed by atoms with van der Waals surface area (Å²) in [5, 5.41) is 2.51. The van der Waals surface area contributed by atoms with Crippen molar-refractivity contribution in [3.63, 3.8) is 0 Å². The number of nitrogens with zero attached hydrogens (tertiary/aromatic N) is 7. The summed E-state index contributed by atoms with van der Waals surface area (Å²) in [5.74, 6) is 1.18. The maximum atomic E-state index is 12.9. The molecular formula is C32H17CuN8O3S. The predicted octanol–water partition coefficient (Wildman–Crippen LogP) is 5.65. The number of H-pyrrole nitrogens is 1. The van der Waals surface area contributed by atoms with Gasteiger partial charge in [-0.2, -0.15) is 0 Å². The van der Waals surface area contributed by atoms with Crippen molar-refractivity contribution in [2.24, 2.45) is 0 Å². The van der Waals surface area contributed by atoms with Crippen molar-refractivity contribution < 1.29 is 30.0 Å². The molecule has 2 aliphatic rings. The van der Waals surface area contributed by atoms with E-state index in [0.29, 0.717) is 59.9 Å². The number of fused-ring (bicyclic) bond motifs is 20. The van der Waals surface area contributed by atoms with Gasteiger partial charge in [-0.15, -0.1) is 0 Å². The first-order valence-electron chi connectivity index (χ1n) is 13.6. The number of hydrogen-bond acceptors (Lipinski definition) is 9. The molecule has 45 heavy (non-hydrogen) atoms. The van der Waals surface area contributed by atoms with E-state index >= 15 is 0 Å². The first-order valence-corrected chi connectivity index (χ1v) is 15.0. The second-order valence-electron chi connectivity index (χ2n) is 10.3. The molecule has 8 bridgehead atoms. The van der Waals surface area contributed by atoms with E-state index in [1.807, 2.05) is 72.8 Å². The second kappa shape index (κ2) is 9.84. The van der Waals surface area contributed by atoms with Crippen LogP contribution < -0.4 is 0 Å². The fraction of sp³-hybridized carbons (Fsp3) is 0. The minimum absolute atomic E-state index is 0. The van der Waals surface area contributed by atoms with E-state index in [0.717, 1.165) is 10.8 Å². The van der Waals surface area contributed by atoms with Crippen LogP contribution in [0.15, 0.2) is 97.1 Å². The molecule has 3 aromatic heterocycles. The number of aromatic nitrogens is 8. The molecule has 9 rings (SSSR count). The Labute approximate surface area is 265 Å². The topological polar surface area (TPSA) is 155 Å². The molecule has 0 saturated heterocycles. The van der Waals surface area contributed by atoms with Gasteiger partial charge in [0, 0.05) is 43.8 Å². The predicted molar refractivity (Wildman–Crippen MR) is 165 cm³/mol.